The molecule has 1 aromatic carbocycles. The van der Waals surface area contributed by atoms with Gasteiger partial charge in [0.1, 0.15) is 12.4 Å². The van der Waals surface area contributed by atoms with Crippen LogP contribution in [0.3, 0.4) is 0 Å². The molecule has 0 amide bonds. The zero-order chi connectivity index (χ0) is 13.2. The molecule has 0 saturated heterocycles. The Hall–Kier alpha value is -2.49. The molecule has 0 radical (unpaired) electrons. The number of fused-ring (bicyclic) bond motifs is 1. The van der Waals surface area contributed by atoms with Gasteiger partial charge in [-0.1, -0.05) is 6.07 Å². The summed E-state index contributed by atoms with van der Waals surface area (Å²) >= 11 is 0. The van der Waals surface area contributed by atoms with E-state index >= 15 is 0 Å². The summed E-state index contributed by atoms with van der Waals surface area (Å²) in [6, 6.07) is 11.8. The van der Waals surface area contributed by atoms with Gasteiger partial charge in [0, 0.05) is 24.3 Å². The van der Waals surface area contributed by atoms with Crippen molar-refractivity contribution in [2.75, 3.05) is 5.73 Å². The van der Waals surface area contributed by atoms with Crippen molar-refractivity contribution >= 4 is 16.6 Å². The molecular formula is C15H15N3O. The summed E-state index contributed by atoms with van der Waals surface area (Å²) in [5.74, 6) is 0.771. The summed E-state index contributed by atoms with van der Waals surface area (Å²) in [7, 11) is 2.02. The Balaban J connectivity index is 1.87. The van der Waals surface area contributed by atoms with Crippen molar-refractivity contribution in [3.63, 3.8) is 0 Å². The van der Waals surface area contributed by atoms with Crippen molar-refractivity contribution in [3.8, 4) is 5.75 Å². The minimum Gasteiger partial charge on any atom is -0.486 e. The van der Waals surface area contributed by atoms with Crippen LogP contribution in [0.15, 0.2) is 48.8 Å². The third-order valence-corrected chi connectivity index (χ3v) is 3.19. The first kappa shape index (κ1) is 11.6. The molecular weight excluding hydrogens is 238 g/mol. The molecule has 0 unspecified atom stereocenters. The van der Waals surface area contributed by atoms with Gasteiger partial charge < -0.3 is 15.0 Å². The number of hydrogen-bond donors (Lipinski definition) is 1. The number of anilines is 1. The highest BCUT2D eigenvalue weighted by molar-refractivity contribution is 5.84. The van der Waals surface area contributed by atoms with Gasteiger partial charge in [0.15, 0.2) is 0 Å². The molecule has 0 aliphatic carbocycles. The van der Waals surface area contributed by atoms with Gasteiger partial charge in [-0.15, -0.1) is 0 Å². The number of aromatic nitrogens is 2. The Morgan fingerprint density at radius 2 is 2.16 bits per heavy atom. The molecule has 2 heterocycles. The number of aryl methyl sites for hydroxylation is 1. The van der Waals surface area contributed by atoms with E-state index in [-0.39, 0.29) is 0 Å². The van der Waals surface area contributed by atoms with E-state index in [1.807, 2.05) is 37.4 Å². The quantitative estimate of drug-likeness (QED) is 0.730. The van der Waals surface area contributed by atoms with E-state index in [2.05, 4.69) is 15.6 Å². The standard InChI is InChI=1S/C15H15N3O/c1-18-13(10-19-14-3-2-6-17-9-14)7-11-4-5-12(16)8-15(11)18/h2-9H,10,16H2,1H3. The molecule has 0 spiro atoms. The highest BCUT2D eigenvalue weighted by Gasteiger charge is 2.06. The van der Waals surface area contributed by atoms with E-state index < -0.39 is 0 Å². The summed E-state index contributed by atoms with van der Waals surface area (Å²) in [4.78, 5) is 4.03. The third-order valence-electron chi connectivity index (χ3n) is 3.19. The van der Waals surface area contributed by atoms with Gasteiger partial charge in [0.05, 0.1) is 17.4 Å². The summed E-state index contributed by atoms with van der Waals surface area (Å²) in [5, 5.41) is 1.17. The Morgan fingerprint density at radius 3 is 2.95 bits per heavy atom. The Bertz CT molecular complexity index is 704. The number of benzene rings is 1. The number of rotatable bonds is 3. The van der Waals surface area contributed by atoms with E-state index in [9.17, 15) is 0 Å². The van der Waals surface area contributed by atoms with Crippen LogP contribution in [0.1, 0.15) is 5.69 Å². The van der Waals surface area contributed by atoms with Crippen molar-refractivity contribution in [2.24, 2.45) is 7.05 Å². The van der Waals surface area contributed by atoms with E-state index in [4.69, 9.17) is 10.5 Å². The highest BCUT2D eigenvalue weighted by Crippen LogP contribution is 2.22. The Kier molecular flexibility index (Phi) is 2.83. The molecule has 0 fully saturated rings. The van der Waals surface area contributed by atoms with Crippen LogP contribution in [-0.4, -0.2) is 9.55 Å². The van der Waals surface area contributed by atoms with Crippen LogP contribution in [0.25, 0.3) is 10.9 Å². The molecule has 0 atom stereocenters. The van der Waals surface area contributed by atoms with Gasteiger partial charge in [-0.25, -0.2) is 0 Å². The smallest absolute Gasteiger partial charge is 0.138 e. The fraction of sp³-hybridized carbons (Fsp3) is 0.133. The number of pyridine rings is 1. The fourth-order valence-corrected chi connectivity index (χ4v) is 2.13. The SMILES string of the molecule is Cn1c(COc2cccnc2)cc2ccc(N)cc21. The molecule has 0 saturated carbocycles. The second-order valence-electron chi connectivity index (χ2n) is 4.49. The molecule has 4 nitrogen and oxygen atoms in total. The zero-order valence-electron chi connectivity index (χ0n) is 10.7. The lowest BCUT2D eigenvalue weighted by Crippen LogP contribution is -2.01. The third kappa shape index (κ3) is 2.25. The van der Waals surface area contributed by atoms with Crippen molar-refractivity contribution in [1.29, 1.82) is 0 Å². The zero-order valence-corrected chi connectivity index (χ0v) is 10.7. The lowest BCUT2D eigenvalue weighted by Gasteiger charge is -2.07. The number of nitrogen functional groups attached to an aromatic ring is 1. The number of nitrogens with two attached hydrogens (primary N) is 1. The van der Waals surface area contributed by atoms with E-state index in [0.29, 0.717) is 6.61 Å². The maximum Gasteiger partial charge on any atom is 0.138 e. The predicted octanol–water partition coefficient (Wildman–Crippen LogP) is 2.73. The van der Waals surface area contributed by atoms with Crippen molar-refractivity contribution in [2.45, 2.75) is 6.61 Å². The molecule has 19 heavy (non-hydrogen) atoms. The average Bonchev–Trinajstić information content (AvgIpc) is 2.74. The second-order valence-corrected chi connectivity index (χ2v) is 4.49. The predicted molar refractivity (Wildman–Crippen MR) is 75.9 cm³/mol. The maximum atomic E-state index is 5.81. The molecule has 96 valence electrons. The van der Waals surface area contributed by atoms with Gasteiger partial charge in [0.2, 0.25) is 0 Å². The Morgan fingerprint density at radius 1 is 1.26 bits per heavy atom. The molecule has 3 aromatic rings. The first-order valence-electron chi connectivity index (χ1n) is 6.11. The Labute approximate surface area is 111 Å². The molecule has 3 rings (SSSR count). The first-order chi connectivity index (χ1) is 9.24. The maximum absolute atomic E-state index is 5.81. The molecule has 0 bridgehead atoms. The van der Waals surface area contributed by atoms with Crippen molar-refractivity contribution < 1.29 is 4.74 Å². The number of ether oxygens (including phenoxy) is 1. The monoisotopic (exact) mass is 253 g/mol. The van der Waals surface area contributed by atoms with E-state index in [0.717, 1.165) is 22.6 Å². The van der Waals surface area contributed by atoms with E-state index in [1.54, 1.807) is 12.4 Å². The largest absolute Gasteiger partial charge is 0.486 e. The van der Waals surface area contributed by atoms with Crippen LogP contribution < -0.4 is 10.5 Å². The highest BCUT2D eigenvalue weighted by atomic mass is 16.5. The molecule has 2 aromatic heterocycles. The molecule has 0 aliphatic heterocycles. The summed E-state index contributed by atoms with van der Waals surface area (Å²) in [6.45, 7) is 0.511. The topological polar surface area (TPSA) is 53.1 Å². The summed E-state index contributed by atoms with van der Waals surface area (Å²) in [6.07, 6.45) is 3.44. The van der Waals surface area contributed by atoms with Crippen LogP contribution in [0, 0.1) is 0 Å². The van der Waals surface area contributed by atoms with Crippen molar-refractivity contribution in [3.05, 3.63) is 54.5 Å². The molecule has 4 heteroatoms. The minimum absolute atomic E-state index is 0.511. The molecule has 2 N–H and O–H groups in total. The minimum atomic E-state index is 0.511. The van der Waals surface area contributed by atoms with Crippen LogP contribution in [0.5, 0.6) is 5.75 Å². The molecule has 0 aliphatic rings. The van der Waals surface area contributed by atoms with Crippen LogP contribution >= 0.6 is 0 Å². The van der Waals surface area contributed by atoms with E-state index in [1.165, 1.54) is 5.39 Å². The van der Waals surface area contributed by atoms with Crippen LogP contribution in [0.4, 0.5) is 5.69 Å². The number of nitrogens with zero attached hydrogens (tertiary/aromatic N) is 2. The summed E-state index contributed by atoms with van der Waals surface area (Å²) < 4.78 is 7.82. The summed E-state index contributed by atoms with van der Waals surface area (Å²) in [5.41, 5.74) is 8.80. The van der Waals surface area contributed by atoms with Gasteiger partial charge in [-0.3, -0.25) is 4.98 Å². The van der Waals surface area contributed by atoms with Gasteiger partial charge >= 0.3 is 0 Å². The average molecular weight is 253 g/mol. The van der Waals surface area contributed by atoms with Gasteiger partial charge in [0.25, 0.3) is 0 Å². The second kappa shape index (κ2) is 4.65. The van der Waals surface area contributed by atoms with Gasteiger partial charge in [-0.2, -0.15) is 0 Å². The lowest BCUT2D eigenvalue weighted by molar-refractivity contribution is 0.296. The number of hydrogen-bond acceptors (Lipinski definition) is 3. The van der Waals surface area contributed by atoms with Crippen LogP contribution in [0.2, 0.25) is 0 Å². The van der Waals surface area contributed by atoms with Gasteiger partial charge in [-0.05, 0) is 30.3 Å². The fourth-order valence-electron chi connectivity index (χ4n) is 2.13. The van der Waals surface area contributed by atoms with Crippen molar-refractivity contribution in [1.82, 2.24) is 9.55 Å². The first-order valence-corrected chi connectivity index (χ1v) is 6.11. The van der Waals surface area contributed by atoms with Crippen LogP contribution in [-0.2, 0) is 13.7 Å². The normalized spacial score (nSPS) is 10.8. The lowest BCUT2D eigenvalue weighted by atomic mass is 10.2.